The molecule has 0 heterocycles. The lowest BCUT2D eigenvalue weighted by Crippen LogP contribution is -2.19. The Balaban J connectivity index is 2.08. The molecule has 2 aromatic carbocycles. The number of rotatable bonds is 5. The maximum absolute atomic E-state index is 12.9. The van der Waals surface area contributed by atoms with Gasteiger partial charge < -0.3 is 11.1 Å². The van der Waals surface area contributed by atoms with Crippen LogP contribution in [0.5, 0.6) is 0 Å². The van der Waals surface area contributed by atoms with Crippen molar-refractivity contribution in [2.24, 2.45) is 5.73 Å². The van der Waals surface area contributed by atoms with Crippen LogP contribution in [0.15, 0.2) is 42.5 Å². The monoisotopic (exact) mass is 306 g/mol. The second-order valence-electron chi connectivity index (χ2n) is 4.93. The minimum absolute atomic E-state index is 0.0658. The summed E-state index contributed by atoms with van der Waals surface area (Å²) in [6, 6.07) is 11.3. The summed E-state index contributed by atoms with van der Waals surface area (Å²) in [7, 11) is 0. The van der Waals surface area contributed by atoms with Crippen molar-refractivity contribution in [1.82, 2.24) is 0 Å². The molecule has 2 rings (SSSR count). The van der Waals surface area contributed by atoms with Gasteiger partial charge in [-0.25, -0.2) is 4.39 Å². The SMILES string of the molecule is CC(Cc1ccc(F)cc1)Nc1cc(C(N)=O)ccc1Cl. The molecule has 0 bridgehead atoms. The first-order valence-electron chi connectivity index (χ1n) is 6.56. The molecule has 0 spiro atoms. The lowest BCUT2D eigenvalue weighted by molar-refractivity contribution is 0.100. The molecule has 2 aromatic rings. The topological polar surface area (TPSA) is 55.1 Å². The van der Waals surface area contributed by atoms with E-state index in [1.165, 1.54) is 12.1 Å². The normalized spacial score (nSPS) is 12.0. The minimum atomic E-state index is -0.499. The first-order valence-corrected chi connectivity index (χ1v) is 6.94. The molecule has 0 radical (unpaired) electrons. The van der Waals surface area contributed by atoms with Crippen LogP contribution < -0.4 is 11.1 Å². The molecule has 0 aliphatic carbocycles. The molecule has 1 amide bonds. The van der Waals surface area contributed by atoms with Gasteiger partial charge in [-0.1, -0.05) is 23.7 Å². The average Bonchev–Trinajstić information content (AvgIpc) is 2.43. The number of hydrogen-bond acceptors (Lipinski definition) is 2. The van der Waals surface area contributed by atoms with Crippen LogP contribution in [-0.4, -0.2) is 11.9 Å². The van der Waals surface area contributed by atoms with Gasteiger partial charge in [0.25, 0.3) is 0 Å². The van der Waals surface area contributed by atoms with E-state index in [0.717, 1.165) is 5.56 Å². The van der Waals surface area contributed by atoms with Gasteiger partial charge in [0.1, 0.15) is 5.82 Å². The van der Waals surface area contributed by atoms with E-state index in [0.29, 0.717) is 22.7 Å². The molecule has 1 unspecified atom stereocenters. The molecule has 21 heavy (non-hydrogen) atoms. The zero-order valence-corrected chi connectivity index (χ0v) is 12.3. The molecule has 3 N–H and O–H groups in total. The number of benzene rings is 2. The van der Waals surface area contributed by atoms with Gasteiger partial charge >= 0.3 is 0 Å². The number of halogens is 2. The van der Waals surface area contributed by atoms with Crippen LogP contribution in [0.1, 0.15) is 22.8 Å². The number of nitrogens with two attached hydrogens (primary N) is 1. The van der Waals surface area contributed by atoms with Crippen LogP contribution in [0.25, 0.3) is 0 Å². The van der Waals surface area contributed by atoms with E-state index >= 15 is 0 Å². The van der Waals surface area contributed by atoms with E-state index in [2.05, 4.69) is 5.32 Å². The quantitative estimate of drug-likeness (QED) is 0.886. The largest absolute Gasteiger partial charge is 0.381 e. The number of carbonyl (C=O) groups is 1. The van der Waals surface area contributed by atoms with Gasteiger partial charge in [-0.2, -0.15) is 0 Å². The Morgan fingerprint density at radius 1 is 1.29 bits per heavy atom. The van der Waals surface area contributed by atoms with Gasteiger partial charge in [-0.15, -0.1) is 0 Å². The summed E-state index contributed by atoms with van der Waals surface area (Å²) in [5, 5.41) is 3.75. The van der Waals surface area contributed by atoms with Gasteiger partial charge in [0.05, 0.1) is 10.7 Å². The van der Waals surface area contributed by atoms with Gasteiger partial charge in [0.15, 0.2) is 0 Å². The smallest absolute Gasteiger partial charge is 0.248 e. The van der Waals surface area contributed by atoms with Crippen LogP contribution in [0.2, 0.25) is 5.02 Å². The third-order valence-electron chi connectivity index (χ3n) is 3.11. The fourth-order valence-electron chi connectivity index (χ4n) is 2.08. The van der Waals surface area contributed by atoms with Crippen molar-refractivity contribution < 1.29 is 9.18 Å². The van der Waals surface area contributed by atoms with Crippen LogP contribution in [0.4, 0.5) is 10.1 Å². The first kappa shape index (κ1) is 15.3. The second kappa shape index (κ2) is 6.59. The number of anilines is 1. The number of nitrogens with one attached hydrogen (secondary N) is 1. The highest BCUT2D eigenvalue weighted by molar-refractivity contribution is 6.33. The maximum Gasteiger partial charge on any atom is 0.248 e. The molecule has 1 atom stereocenters. The molecule has 0 fully saturated rings. The van der Waals surface area contributed by atoms with E-state index in [-0.39, 0.29) is 11.9 Å². The summed E-state index contributed by atoms with van der Waals surface area (Å²) in [4.78, 5) is 11.2. The zero-order valence-electron chi connectivity index (χ0n) is 11.6. The third kappa shape index (κ3) is 4.20. The van der Waals surface area contributed by atoms with Crippen LogP contribution in [0, 0.1) is 5.82 Å². The zero-order chi connectivity index (χ0) is 15.4. The lowest BCUT2D eigenvalue weighted by atomic mass is 10.1. The molecule has 0 saturated heterocycles. The van der Waals surface area contributed by atoms with Crippen molar-refractivity contribution >= 4 is 23.2 Å². The molecular weight excluding hydrogens is 291 g/mol. The number of amides is 1. The van der Waals surface area contributed by atoms with Crippen molar-refractivity contribution in [3.63, 3.8) is 0 Å². The summed E-state index contributed by atoms with van der Waals surface area (Å²) in [5.74, 6) is -0.752. The highest BCUT2D eigenvalue weighted by Gasteiger charge is 2.09. The highest BCUT2D eigenvalue weighted by Crippen LogP contribution is 2.24. The lowest BCUT2D eigenvalue weighted by Gasteiger charge is -2.17. The fraction of sp³-hybridized carbons (Fsp3) is 0.188. The summed E-state index contributed by atoms with van der Waals surface area (Å²) < 4.78 is 12.9. The van der Waals surface area contributed by atoms with Crippen molar-refractivity contribution in [2.75, 3.05) is 5.32 Å². The van der Waals surface area contributed by atoms with E-state index in [1.54, 1.807) is 30.3 Å². The van der Waals surface area contributed by atoms with Gasteiger partial charge in [-0.05, 0) is 49.2 Å². The molecule has 0 saturated carbocycles. The van der Waals surface area contributed by atoms with E-state index in [1.807, 2.05) is 6.92 Å². The Labute approximate surface area is 127 Å². The van der Waals surface area contributed by atoms with Crippen LogP contribution in [-0.2, 0) is 6.42 Å². The predicted octanol–water partition coefficient (Wildman–Crippen LogP) is 3.62. The molecule has 110 valence electrons. The average molecular weight is 307 g/mol. The first-order chi connectivity index (χ1) is 9.95. The van der Waals surface area contributed by atoms with Crippen molar-refractivity contribution in [3.8, 4) is 0 Å². The van der Waals surface area contributed by atoms with Crippen LogP contribution >= 0.6 is 11.6 Å². The Bertz CT molecular complexity index is 643. The van der Waals surface area contributed by atoms with E-state index < -0.39 is 5.91 Å². The third-order valence-corrected chi connectivity index (χ3v) is 3.44. The molecule has 5 heteroatoms. The molecule has 0 aliphatic rings. The molecular formula is C16H16ClFN2O. The van der Waals surface area contributed by atoms with Gasteiger partial charge in [-0.3, -0.25) is 4.79 Å². The summed E-state index contributed by atoms with van der Waals surface area (Å²) in [5.41, 5.74) is 7.32. The fourth-order valence-corrected chi connectivity index (χ4v) is 2.25. The Hall–Kier alpha value is -2.07. The van der Waals surface area contributed by atoms with Crippen LogP contribution in [0.3, 0.4) is 0 Å². The molecule has 3 nitrogen and oxygen atoms in total. The number of carbonyl (C=O) groups excluding carboxylic acids is 1. The number of primary amides is 1. The standard InChI is InChI=1S/C16H16ClFN2O/c1-10(8-11-2-5-13(18)6-3-11)20-15-9-12(16(19)21)4-7-14(15)17/h2-7,9-10,20H,8H2,1H3,(H2,19,21). The summed E-state index contributed by atoms with van der Waals surface area (Å²) in [6.45, 7) is 1.98. The van der Waals surface area contributed by atoms with Crippen molar-refractivity contribution in [3.05, 3.63) is 64.4 Å². The molecule has 0 aromatic heterocycles. The Morgan fingerprint density at radius 2 is 1.95 bits per heavy atom. The second-order valence-corrected chi connectivity index (χ2v) is 5.34. The van der Waals surface area contributed by atoms with Gasteiger partial charge in [0, 0.05) is 11.6 Å². The van der Waals surface area contributed by atoms with E-state index in [4.69, 9.17) is 17.3 Å². The van der Waals surface area contributed by atoms with Crippen molar-refractivity contribution in [2.45, 2.75) is 19.4 Å². The summed E-state index contributed by atoms with van der Waals surface area (Å²) >= 11 is 6.10. The van der Waals surface area contributed by atoms with E-state index in [9.17, 15) is 9.18 Å². The summed E-state index contributed by atoms with van der Waals surface area (Å²) in [6.07, 6.45) is 0.706. The molecule has 0 aliphatic heterocycles. The van der Waals surface area contributed by atoms with Crippen molar-refractivity contribution in [1.29, 1.82) is 0 Å². The Kier molecular flexibility index (Phi) is 4.81. The number of hydrogen-bond donors (Lipinski definition) is 2. The van der Waals surface area contributed by atoms with Gasteiger partial charge in [0.2, 0.25) is 5.91 Å². The Morgan fingerprint density at radius 3 is 2.57 bits per heavy atom. The minimum Gasteiger partial charge on any atom is -0.381 e. The predicted molar refractivity (Wildman–Crippen MR) is 83.2 cm³/mol. The maximum atomic E-state index is 12.9. The highest BCUT2D eigenvalue weighted by atomic mass is 35.5.